The highest BCUT2D eigenvalue weighted by molar-refractivity contribution is 5.57. The average Bonchev–Trinajstić information content (AvgIpc) is 3.33. The zero-order chi connectivity index (χ0) is 19.7. The highest BCUT2D eigenvalue weighted by Gasteiger charge is 2.20. The Labute approximate surface area is 163 Å². The first-order valence-electron chi connectivity index (χ1n) is 9.28. The smallest absolute Gasteiger partial charge is 0.178 e. The van der Waals surface area contributed by atoms with Gasteiger partial charge in [0, 0.05) is 42.0 Å². The van der Waals surface area contributed by atoms with Crippen LogP contribution < -0.4 is 0 Å². The van der Waals surface area contributed by atoms with Crippen molar-refractivity contribution in [1.82, 2.24) is 39.7 Å². The van der Waals surface area contributed by atoms with E-state index in [0.717, 1.165) is 34.9 Å². The van der Waals surface area contributed by atoms with Crippen LogP contribution in [0.15, 0.2) is 43.0 Å². The Kier molecular flexibility index (Phi) is 4.68. The molecule has 0 N–H and O–H groups in total. The third kappa shape index (κ3) is 3.17. The van der Waals surface area contributed by atoms with Crippen LogP contribution in [0, 0.1) is 13.8 Å². The largest absolute Gasteiger partial charge is 0.270 e. The van der Waals surface area contributed by atoms with Gasteiger partial charge in [0.15, 0.2) is 5.82 Å². The summed E-state index contributed by atoms with van der Waals surface area (Å²) in [5.41, 5.74) is 5.65. The van der Waals surface area contributed by atoms with Crippen molar-refractivity contribution in [3.05, 3.63) is 59.9 Å². The molecule has 0 spiro atoms. The van der Waals surface area contributed by atoms with Gasteiger partial charge in [-0.15, -0.1) is 5.10 Å². The lowest BCUT2D eigenvalue weighted by Gasteiger charge is -2.12. The zero-order valence-corrected chi connectivity index (χ0v) is 16.4. The standard InChI is InChI=1S/C20H22N8/c1-5-27-14(3)19(13(2)25-27)15(4)28-12-18(24-26-28)16-10-22-20(23-11-16)17-8-6-7-9-21-17/h6-12,15H,5H2,1-4H3/t15-/m0/s1. The Morgan fingerprint density at radius 2 is 1.82 bits per heavy atom. The summed E-state index contributed by atoms with van der Waals surface area (Å²) in [7, 11) is 0. The Hall–Kier alpha value is -3.42. The number of pyridine rings is 1. The molecule has 0 saturated heterocycles. The summed E-state index contributed by atoms with van der Waals surface area (Å²) in [4.78, 5) is 13.1. The molecule has 0 fully saturated rings. The van der Waals surface area contributed by atoms with E-state index in [1.165, 1.54) is 5.56 Å². The van der Waals surface area contributed by atoms with E-state index in [2.05, 4.69) is 51.1 Å². The van der Waals surface area contributed by atoms with E-state index in [-0.39, 0.29) is 6.04 Å². The molecule has 0 saturated carbocycles. The summed E-state index contributed by atoms with van der Waals surface area (Å²) in [5, 5.41) is 13.2. The van der Waals surface area contributed by atoms with Gasteiger partial charge in [-0.3, -0.25) is 9.67 Å². The van der Waals surface area contributed by atoms with Crippen LogP contribution in [-0.4, -0.2) is 39.7 Å². The van der Waals surface area contributed by atoms with Gasteiger partial charge in [-0.2, -0.15) is 5.10 Å². The third-order valence-electron chi connectivity index (χ3n) is 4.90. The summed E-state index contributed by atoms with van der Waals surface area (Å²) in [5.74, 6) is 0.586. The fraction of sp³-hybridized carbons (Fsp3) is 0.300. The van der Waals surface area contributed by atoms with Crippen LogP contribution in [0.4, 0.5) is 0 Å². The molecule has 0 aliphatic rings. The lowest BCUT2D eigenvalue weighted by molar-refractivity contribution is 0.537. The van der Waals surface area contributed by atoms with Gasteiger partial charge in [0.1, 0.15) is 11.4 Å². The molecule has 0 unspecified atom stereocenters. The Morgan fingerprint density at radius 3 is 2.46 bits per heavy atom. The lowest BCUT2D eigenvalue weighted by Crippen LogP contribution is -2.10. The van der Waals surface area contributed by atoms with Crippen molar-refractivity contribution in [2.45, 2.75) is 40.3 Å². The van der Waals surface area contributed by atoms with E-state index >= 15 is 0 Å². The second-order valence-corrected chi connectivity index (χ2v) is 6.67. The van der Waals surface area contributed by atoms with Gasteiger partial charge in [-0.25, -0.2) is 14.6 Å². The fourth-order valence-electron chi connectivity index (χ4n) is 3.44. The molecule has 0 aliphatic heterocycles. The number of rotatable bonds is 5. The maximum absolute atomic E-state index is 4.61. The predicted octanol–water partition coefficient (Wildman–Crippen LogP) is 3.24. The van der Waals surface area contributed by atoms with E-state index in [0.29, 0.717) is 5.82 Å². The summed E-state index contributed by atoms with van der Waals surface area (Å²) < 4.78 is 3.88. The van der Waals surface area contributed by atoms with Gasteiger partial charge < -0.3 is 0 Å². The molecule has 142 valence electrons. The van der Waals surface area contributed by atoms with Crippen LogP contribution in [0.25, 0.3) is 22.8 Å². The van der Waals surface area contributed by atoms with Crippen LogP contribution >= 0.6 is 0 Å². The Balaban J connectivity index is 1.60. The van der Waals surface area contributed by atoms with E-state index in [1.54, 1.807) is 18.6 Å². The van der Waals surface area contributed by atoms with Crippen LogP contribution in [0.1, 0.15) is 36.8 Å². The van der Waals surface area contributed by atoms with E-state index in [9.17, 15) is 0 Å². The molecule has 8 heteroatoms. The molecule has 0 radical (unpaired) electrons. The van der Waals surface area contributed by atoms with Crippen molar-refractivity contribution >= 4 is 0 Å². The first-order valence-corrected chi connectivity index (χ1v) is 9.28. The zero-order valence-electron chi connectivity index (χ0n) is 16.4. The predicted molar refractivity (Wildman–Crippen MR) is 105 cm³/mol. The number of aromatic nitrogens is 8. The summed E-state index contributed by atoms with van der Waals surface area (Å²) >= 11 is 0. The van der Waals surface area contributed by atoms with Crippen molar-refractivity contribution in [2.24, 2.45) is 0 Å². The topological polar surface area (TPSA) is 87.2 Å². The third-order valence-corrected chi connectivity index (χ3v) is 4.90. The number of hydrogen-bond donors (Lipinski definition) is 0. The molecular formula is C20H22N8. The summed E-state index contributed by atoms with van der Waals surface area (Å²) in [6, 6.07) is 5.70. The monoisotopic (exact) mass is 374 g/mol. The van der Waals surface area contributed by atoms with Gasteiger partial charge in [-0.05, 0) is 39.8 Å². The van der Waals surface area contributed by atoms with Crippen LogP contribution in [0.5, 0.6) is 0 Å². The number of hydrogen-bond acceptors (Lipinski definition) is 6. The first kappa shape index (κ1) is 18.0. The number of aryl methyl sites for hydroxylation is 2. The molecule has 4 heterocycles. The molecule has 0 aromatic carbocycles. The summed E-state index contributed by atoms with van der Waals surface area (Å²) in [6.45, 7) is 9.18. The van der Waals surface area contributed by atoms with Crippen molar-refractivity contribution < 1.29 is 0 Å². The minimum atomic E-state index is 0.0373. The minimum Gasteiger partial charge on any atom is -0.270 e. The highest BCUT2D eigenvalue weighted by atomic mass is 15.4. The van der Waals surface area contributed by atoms with E-state index in [1.807, 2.05) is 40.7 Å². The van der Waals surface area contributed by atoms with Gasteiger partial charge in [0.25, 0.3) is 0 Å². The van der Waals surface area contributed by atoms with Gasteiger partial charge in [0.05, 0.1) is 17.9 Å². The lowest BCUT2D eigenvalue weighted by atomic mass is 10.1. The van der Waals surface area contributed by atoms with Gasteiger partial charge in [0.2, 0.25) is 0 Å². The quantitative estimate of drug-likeness (QED) is 0.533. The molecule has 8 nitrogen and oxygen atoms in total. The first-order chi connectivity index (χ1) is 13.6. The maximum atomic E-state index is 4.61. The molecule has 0 aliphatic carbocycles. The molecule has 1 atom stereocenters. The van der Waals surface area contributed by atoms with E-state index in [4.69, 9.17) is 0 Å². The second-order valence-electron chi connectivity index (χ2n) is 6.67. The van der Waals surface area contributed by atoms with Crippen molar-refractivity contribution in [2.75, 3.05) is 0 Å². The van der Waals surface area contributed by atoms with E-state index < -0.39 is 0 Å². The summed E-state index contributed by atoms with van der Waals surface area (Å²) in [6.07, 6.45) is 7.15. The Morgan fingerprint density at radius 1 is 1.04 bits per heavy atom. The van der Waals surface area contributed by atoms with Crippen molar-refractivity contribution in [3.8, 4) is 22.8 Å². The van der Waals surface area contributed by atoms with Crippen molar-refractivity contribution in [3.63, 3.8) is 0 Å². The van der Waals surface area contributed by atoms with Crippen LogP contribution in [0.3, 0.4) is 0 Å². The minimum absolute atomic E-state index is 0.0373. The maximum Gasteiger partial charge on any atom is 0.178 e. The van der Waals surface area contributed by atoms with Gasteiger partial charge in [-0.1, -0.05) is 11.3 Å². The fourth-order valence-corrected chi connectivity index (χ4v) is 3.44. The molecule has 4 rings (SSSR count). The highest BCUT2D eigenvalue weighted by Crippen LogP contribution is 2.26. The molecule has 28 heavy (non-hydrogen) atoms. The average molecular weight is 374 g/mol. The van der Waals surface area contributed by atoms with Gasteiger partial charge >= 0.3 is 0 Å². The Bertz CT molecular complexity index is 1080. The number of nitrogens with zero attached hydrogens (tertiary/aromatic N) is 8. The molecule has 4 aromatic rings. The van der Waals surface area contributed by atoms with Crippen LogP contribution in [-0.2, 0) is 6.54 Å². The second kappa shape index (κ2) is 7.30. The molecular weight excluding hydrogens is 352 g/mol. The van der Waals surface area contributed by atoms with Crippen molar-refractivity contribution in [1.29, 1.82) is 0 Å². The SMILES string of the molecule is CCn1nc(C)c([C@H](C)n2cc(-c3cnc(-c4ccccn4)nc3)nn2)c1C. The van der Waals surface area contributed by atoms with Crippen LogP contribution in [0.2, 0.25) is 0 Å². The molecule has 0 amide bonds. The normalized spacial score (nSPS) is 12.3. The molecule has 0 bridgehead atoms. The molecule has 4 aromatic heterocycles.